The Balaban J connectivity index is 2.04. The van der Waals surface area contributed by atoms with Crippen molar-refractivity contribution in [3.05, 3.63) is 64.1 Å². The number of ether oxygens (including phenoxy) is 1. The van der Waals surface area contributed by atoms with Gasteiger partial charge in [0.15, 0.2) is 0 Å². The molecule has 0 saturated carbocycles. The molecule has 0 spiro atoms. The van der Waals surface area contributed by atoms with Gasteiger partial charge < -0.3 is 9.84 Å². The molecular weight excluding hydrogens is 304 g/mol. The largest absolute Gasteiger partial charge is 0.489 e. The molecule has 0 radical (unpaired) electrons. The Bertz CT molecular complexity index is 524. The van der Waals surface area contributed by atoms with E-state index in [9.17, 15) is 5.11 Å². The molecule has 1 N–H and O–H groups in total. The van der Waals surface area contributed by atoms with Crippen molar-refractivity contribution in [2.24, 2.45) is 0 Å². The van der Waals surface area contributed by atoms with Gasteiger partial charge in [-0.2, -0.15) is 0 Å². The first kappa shape index (κ1) is 14.1. The summed E-state index contributed by atoms with van der Waals surface area (Å²) in [7, 11) is 0. The van der Waals surface area contributed by atoms with Crippen LogP contribution < -0.4 is 4.74 Å². The normalized spacial score (nSPS) is 12.2. The van der Waals surface area contributed by atoms with Crippen molar-refractivity contribution < 1.29 is 9.84 Å². The smallest absolute Gasteiger partial charge is 0.120 e. The molecule has 0 heterocycles. The van der Waals surface area contributed by atoms with Crippen LogP contribution in [-0.4, -0.2) is 11.2 Å². The lowest BCUT2D eigenvalue weighted by atomic mass is 10.1. The van der Waals surface area contributed by atoms with Gasteiger partial charge in [0.05, 0.1) is 6.10 Å². The van der Waals surface area contributed by atoms with Crippen molar-refractivity contribution in [3.8, 4) is 5.75 Å². The van der Waals surface area contributed by atoms with Gasteiger partial charge >= 0.3 is 0 Å². The minimum atomic E-state index is -0.360. The quantitative estimate of drug-likeness (QED) is 0.903. The zero-order valence-electron chi connectivity index (χ0n) is 10.8. The molecule has 2 nitrogen and oxygen atoms in total. The van der Waals surface area contributed by atoms with E-state index in [4.69, 9.17) is 4.74 Å². The number of aliphatic hydroxyl groups is 1. The Morgan fingerprint density at radius 2 is 1.89 bits per heavy atom. The molecule has 0 amide bonds. The first-order valence-corrected chi connectivity index (χ1v) is 7.07. The minimum absolute atomic E-state index is 0.360. The second kappa shape index (κ2) is 6.73. The lowest BCUT2D eigenvalue weighted by Crippen LogP contribution is -2.05. The van der Waals surface area contributed by atoms with Gasteiger partial charge in [-0.05, 0) is 42.7 Å². The summed E-state index contributed by atoms with van der Waals surface area (Å²) < 4.78 is 6.77. The van der Waals surface area contributed by atoms with Crippen LogP contribution in [0.25, 0.3) is 0 Å². The van der Waals surface area contributed by atoms with Gasteiger partial charge in [-0.3, -0.25) is 0 Å². The van der Waals surface area contributed by atoms with Gasteiger partial charge in [-0.25, -0.2) is 0 Å². The molecule has 0 saturated heterocycles. The predicted octanol–water partition coefficient (Wildman–Crippen LogP) is 3.95. The Morgan fingerprint density at radius 1 is 1.16 bits per heavy atom. The third-order valence-electron chi connectivity index (χ3n) is 2.78. The van der Waals surface area contributed by atoms with Gasteiger partial charge in [0, 0.05) is 4.47 Å². The molecule has 0 aliphatic rings. The van der Waals surface area contributed by atoms with Crippen molar-refractivity contribution >= 4 is 15.9 Å². The highest BCUT2D eigenvalue weighted by Crippen LogP contribution is 2.24. The van der Waals surface area contributed by atoms with Gasteiger partial charge in [0.25, 0.3) is 0 Å². The van der Waals surface area contributed by atoms with Crippen LogP contribution in [-0.2, 0) is 13.0 Å². The number of benzene rings is 2. The lowest BCUT2D eigenvalue weighted by molar-refractivity contribution is 0.195. The molecule has 0 aliphatic carbocycles. The van der Waals surface area contributed by atoms with E-state index in [1.165, 1.54) is 0 Å². The number of aliphatic hydroxyl groups excluding tert-OH is 1. The van der Waals surface area contributed by atoms with E-state index in [1.807, 2.05) is 48.5 Å². The summed E-state index contributed by atoms with van der Waals surface area (Å²) in [6, 6.07) is 15.9. The predicted molar refractivity (Wildman–Crippen MR) is 80.3 cm³/mol. The van der Waals surface area contributed by atoms with Crippen molar-refractivity contribution in [2.75, 3.05) is 0 Å². The fourth-order valence-electron chi connectivity index (χ4n) is 1.86. The monoisotopic (exact) mass is 320 g/mol. The van der Waals surface area contributed by atoms with E-state index in [0.717, 1.165) is 21.3 Å². The molecule has 2 aromatic rings. The average molecular weight is 321 g/mol. The highest BCUT2D eigenvalue weighted by Gasteiger charge is 2.06. The molecule has 1 atom stereocenters. The molecule has 2 aromatic carbocycles. The number of halogens is 1. The van der Waals surface area contributed by atoms with Crippen LogP contribution in [0, 0.1) is 0 Å². The summed E-state index contributed by atoms with van der Waals surface area (Å²) in [5, 5.41) is 9.47. The molecule has 0 fully saturated rings. The van der Waals surface area contributed by atoms with Gasteiger partial charge in [-0.1, -0.05) is 46.3 Å². The maximum absolute atomic E-state index is 9.47. The summed E-state index contributed by atoms with van der Waals surface area (Å²) in [4.78, 5) is 0. The van der Waals surface area contributed by atoms with Crippen LogP contribution in [0.2, 0.25) is 0 Å². The number of rotatable bonds is 5. The summed E-state index contributed by atoms with van der Waals surface area (Å²) in [5.41, 5.74) is 2.20. The fraction of sp³-hybridized carbons (Fsp3) is 0.250. The van der Waals surface area contributed by atoms with E-state index in [-0.39, 0.29) is 6.10 Å². The van der Waals surface area contributed by atoms with E-state index in [0.29, 0.717) is 13.0 Å². The first-order chi connectivity index (χ1) is 9.15. The molecule has 0 bridgehead atoms. The topological polar surface area (TPSA) is 29.5 Å². The maximum Gasteiger partial charge on any atom is 0.120 e. The molecule has 1 unspecified atom stereocenters. The molecule has 2 rings (SSSR count). The molecule has 3 heteroatoms. The van der Waals surface area contributed by atoms with Crippen molar-refractivity contribution in [2.45, 2.75) is 26.1 Å². The van der Waals surface area contributed by atoms with Crippen molar-refractivity contribution in [1.29, 1.82) is 0 Å². The zero-order valence-corrected chi connectivity index (χ0v) is 12.4. The standard InChI is InChI=1S/C16H17BrO2/c1-12(18)9-14-10-15(7-8-16(14)17)19-11-13-5-3-2-4-6-13/h2-8,10,12,18H,9,11H2,1H3. The molecule has 0 aliphatic heterocycles. The van der Waals surface area contributed by atoms with Crippen molar-refractivity contribution in [3.63, 3.8) is 0 Å². The van der Waals surface area contributed by atoms with Crippen LogP contribution in [0.1, 0.15) is 18.1 Å². The summed E-state index contributed by atoms with van der Waals surface area (Å²) in [6.45, 7) is 2.33. The van der Waals surface area contributed by atoms with Crippen molar-refractivity contribution in [1.82, 2.24) is 0 Å². The molecular formula is C16H17BrO2. The maximum atomic E-state index is 9.47. The second-order valence-electron chi connectivity index (χ2n) is 4.58. The van der Waals surface area contributed by atoms with Gasteiger partial charge in [-0.15, -0.1) is 0 Å². The Labute approximate surface area is 122 Å². The zero-order chi connectivity index (χ0) is 13.7. The first-order valence-electron chi connectivity index (χ1n) is 6.28. The SMILES string of the molecule is CC(O)Cc1cc(OCc2ccccc2)ccc1Br. The van der Waals surface area contributed by atoms with E-state index in [1.54, 1.807) is 6.92 Å². The summed E-state index contributed by atoms with van der Waals surface area (Å²) in [6.07, 6.45) is 0.254. The lowest BCUT2D eigenvalue weighted by Gasteiger charge is -2.11. The Hall–Kier alpha value is -1.32. The number of hydrogen-bond acceptors (Lipinski definition) is 2. The fourth-order valence-corrected chi connectivity index (χ4v) is 2.26. The van der Waals surface area contributed by atoms with E-state index >= 15 is 0 Å². The average Bonchev–Trinajstić information content (AvgIpc) is 2.40. The summed E-state index contributed by atoms with van der Waals surface area (Å²) in [5.74, 6) is 0.822. The van der Waals surface area contributed by atoms with Gasteiger partial charge in [0.2, 0.25) is 0 Å². The van der Waals surface area contributed by atoms with Crippen LogP contribution in [0.3, 0.4) is 0 Å². The molecule has 100 valence electrons. The molecule has 19 heavy (non-hydrogen) atoms. The van der Waals surface area contributed by atoms with E-state index < -0.39 is 0 Å². The molecule has 0 aromatic heterocycles. The van der Waals surface area contributed by atoms with Gasteiger partial charge in [0.1, 0.15) is 12.4 Å². The third kappa shape index (κ3) is 4.37. The van der Waals surface area contributed by atoms with Crippen LogP contribution in [0.15, 0.2) is 53.0 Å². The minimum Gasteiger partial charge on any atom is -0.489 e. The Morgan fingerprint density at radius 3 is 2.58 bits per heavy atom. The highest BCUT2D eigenvalue weighted by atomic mass is 79.9. The summed E-state index contributed by atoms with van der Waals surface area (Å²) >= 11 is 3.49. The number of hydrogen-bond donors (Lipinski definition) is 1. The van der Waals surface area contributed by atoms with E-state index in [2.05, 4.69) is 15.9 Å². The second-order valence-corrected chi connectivity index (χ2v) is 5.43. The van der Waals surface area contributed by atoms with Crippen LogP contribution in [0.4, 0.5) is 0 Å². The highest BCUT2D eigenvalue weighted by molar-refractivity contribution is 9.10. The Kier molecular flexibility index (Phi) is 5.00. The van der Waals surface area contributed by atoms with Crippen LogP contribution in [0.5, 0.6) is 5.75 Å². The third-order valence-corrected chi connectivity index (χ3v) is 3.55. The van der Waals surface area contributed by atoms with Crippen LogP contribution >= 0.6 is 15.9 Å².